The first-order valence-corrected chi connectivity index (χ1v) is 30.2. The summed E-state index contributed by atoms with van der Waals surface area (Å²) in [5.41, 5.74) is 0. The van der Waals surface area contributed by atoms with Gasteiger partial charge in [0.15, 0.2) is 0 Å². The molecule has 480 valence electrons. The topological polar surface area (TPSA) is 276 Å². The second-order valence-corrected chi connectivity index (χ2v) is 26.1. The molecule has 23 heteroatoms. The smallest absolute Gasteiger partial charge is 0.246 e. The summed E-state index contributed by atoms with van der Waals surface area (Å²) in [7, 11) is 10.1. The van der Waals surface area contributed by atoms with Crippen molar-refractivity contribution in [1.82, 2.24) is 55.6 Å². The quantitative estimate of drug-likeness (QED) is 0.172. The fraction of sp³-hybridized carbons (Fsp3) is 0.803. The van der Waals surface area contributed by atoms with Gasteiger partial charge in [-0.15, -0.1) is 0 Å². The van der Waals surface area contributed by atoms with E-state index in [1.807, 2.05) is 55.4 Å². The molecule has 0 aliphatic carbocycles. The van der Waals surface area contributed by atoms with Crippen LogP contribution in [-0.2, 0) is 57.5 Å². The molecule has 12 atom stereocenters. The molecule has 1 aliphatic rings. The van der Waals surface area contributed by atoms with Gasteiger partial charge in [0.05, 0.1) is 6.54 Å². The van der Waals surface area contributed by atoms with Crippen LogP contribution in [-0.4, -0.2) is 222 Å². The highest BCUT2D eigenvalue weighted by atomic mass is 16.2. The molecule has 0 radical (unpaired) electrons. The predicted molar refractivity (Wildman–Crippen MR) is 323 cm³/mol. The van der Waals surface area contributed by atoms with Crippen LogP contribution in [0, 0.1) is 47.3 Å². The average molecular weight is 1190 g/mol. The SMILES string of the molecule is CC[C@@H]1NC(=O)[C@H]([C@H](C)[C@H](C)CC=O)N(C)C(=O)[C@H](C(C)C)N(C)C(=O)[C@H](CC(C)C)N(C)C(=O)[C@H](CC(C)C)N(C)C(=O)[C@@H](C)NC(=O)[C@H](C)NC(=O)[C@H](CC(C)C)N(C)C(=O)[C@H](C(C)C)NC(=O)[C@H](CC(C)C)N(C)C(=O)CN(C)C1=O. The van der Waals surface area contributed by atoms with E-state index in [4.69, 9.17) is 0 Å². The number of likely N-dealkylation sites (N-methyl/N-ethyl adjacent to an activating group) is 7. The van der Waals surface area contributed by atoms with Crippen molar-refractivity contribution in [3.05, 3.63) is 0 Å². The summed E-state index contributed by atoms with van der Waals surface area (Å²) in [6, 6.07) is -11.8. The third-order valence-corrected chi connectivity index (χ3v) is 16.3. The molecule has 0 aromatic heterocycles. The van der Waals surface area contributed by atoms with Crippen LogP contribution in [0.1, 0.15) is 156 Å². The summed E-state index contributed by atoms with van der Waals surface area (Å²) in [6.07, 6.45) is 1.46. The van der Waals surface area contributed by atoms with Crippen LogP contribution in [0.2, 0.25) is 0 Å². The van der Waals surface area contributed by atoms with E-state index in [0.717, 1.165) is 11.2 Å². The Hall–Kier alpha value is -6.16. The molecule has 23 nitrogen and oxygen atoms in total. The minimum Gasteiger partial charge on any atom is -0.343 e. The largest absolute Gasteiger partial charge is 0.343 e. The highest BCUT2D eigenvalue weighted by Crippen LogP contribution is 2.27. The van der Waals surface area contributed by atoms with Crippen molar-refractivity contribution in [2.45, 2.75) is 217 Å². The minimum atomic E-state index is -1.29. The molecule has 1 rings (SSSR count). The molecule has 0 bridgehead atoms. The third kappa shape index (κ3) is 20.8. The van der Waals surface area contributed by atoms with Crippen LogP contribution in [0.4, 0.5) is 0 Å². The highest BCUT2D eigenvalue weighted by molar-refractivity contribution is 5.99. The average Bonchev–Trinajstić information content (AvgIpc) is 2.71. The van der Waals surface area contributed by atoms with Gasteiger partial charge < -0.3 is 60.4 Å². The molecule has 0 saturated carbocycles. The van der Waals surface area contributed by atoms with E-state index in [-0.39, 0.29) is 62.2 Å². The number of hydrogen-bond donors (Lipinski definition) is 4. The number of amides is 11. The number of hydrogen-bond acceptors (Lipinski definition) is 12. The molecule has 11 amide bonds. The van der Waals surface area contributed by atoms with Crippen molar-refractivity contribution < 1.29 is 57.5 Å². The van der Waals surface area contributed by atoms with E-state index in [1.165, 1.54) is 92.6 Å². The van der Waals surface area contributed by atoms with E-state index in [0.29, 0.717) is 0 Å². The fourth-order valence-electron chi connectivity index (χ4n) is 10.8. The molecule has 1 heterocycles. The zero-order valence-corrected chi connectivity index (χ0v) is 55.4. The molecule has 84 heavy (non-hydrogen) atoms. The Morgan fingerprint density at radius 1 is 0.429 bits per heavy atom. The third-order valence-electron chi connectivity index (χ3n) is 16.3. The zero-order valence-electron chi connectivity index (χ0n) is 55.4. The second kappa shape index (κ2) is 34.1. The fourth-order valence-corrected chi connectivity index (χ4v) is 10.8. The van der Waals surface area contributed by atoms with Gasteiger partial charge in [0, 0.05) is 55.8 Å². The summed E-state index contributed by atoms with van der Waals surface area (Å²) >= 11 is 0. The van der Waals surface area contributed by atoms with Crippen LogP contribution in [0.25, 0.3) is 0 Å². The van der Waals surface area contributed by atoms with E-state index < -0.39 is 156 Å². The second-order valence-electron chi connectivity index (χ2n) is 26.1. The Kier molecular flexibility index (Phi) is 30.8. The molecular weight excluding hydrogens is 1080 g/mol. The van der Waals surface area contributed by atoms with Crippen molar-refractivity contribution in [3.63, 3.8) is 0 Å². The number of aldehydes is 1. The molecule has 1 saturated heterocycles. The summed E-state index contributed by atoms with van der Waals surface area (Å²) < 4.78 is 0. The van der Waals surface area contributed by atoms with Crippen LogP contribution >= 0.6 is 0 Å². The molecule has 0 aromatic carbocycles. The highest BCUT2D eigenvalue weighted by Gasteiger charge is 2.45. The van der Waals surface area contributed by atoms with E-state index in [2.05, 4.69) is 21.3 Å². The van der Waals surface area contributed by atoms with E-state index in [9.17, 15) is 47.9 Å². The lowest BCUT2D eigenvalue weighted by molar-refractivity contribution is -0.156. The summed E-state index contributed by atoms with van der Waals surface area (Å²) in [5.74, 6) is -9.84. The molecule has 0 aromatic rings. The standard InChI is InChI=1S/C61H109N11O12/c1-25-43-57(80)66(18)32-48(74)67(19)44(28-33(2)3)54(77)65-49(37(10)11)60(83)68(20)45(29-34(4)5)53(76)62-41(16)52(75)63-42(17)56(79)69(21)46(30-35(6)7)58(81)70(22)47(31-36(8)9)59(82)71(23)50(38(12)13)61(84)72(24)51(55(78)64-43)40(15)39(14)26-27-73/h27,33-47,49-51H,25-26,28-32H2,1-24H3,(H,62,76)(H,63,75)(H,64,78)(H,65,77)/t39-,40-,41+,42-,43+,44+,45+,46+,47+,49+,50+,51+/m1/s1. The van der Waals surface area contributed by atoms with E-state index >= 15 is 9.59 Å². The van der Waals surface area contributed by atoms with Gasteiger partial charge in [-0.05, 0) is 93.3 Å². The number of rotatable bonds is 15. The van der Waals surface area contributed by atoms with Crippen molar-refractivity contribution in [2.75, 3.05) is 55.9 Å². The molecular formula is C61H109N11O12. The normalized spacial score (nSPS) is 26.9. The lowest BCUT2D eigenvalue weighted by Crippen LogP contribution is -2.62. The number of nitrogens with zero attached hydrogens (tertiary/aromatic N) is 7. The van der Waals surface area contributed by atoms with Crippen molar-refractivity contribution >= 4 is 71.3 Å². The maximum atomic E-state index is 15.1. The Bertz CT molecular complexity index is 2290. The molecule has 1 fully saturated rings. The molecule has 0 spiro atoms. The van der Waals surface area contributed by atoms with Gasteiger partial charge in [0.2, 0.25) is 65.0 Å². The van der Waals surface area contributed by atoms with Gasteiger partial charge >= 0.3 is 0 Å². The molecule has 0 unspecified atom stereocenters. The van der Waals surface area contributed by atoms with Crippen molar-refractivity contribution in [2.24, 2.45) is 47.3 Å². The van der Waals surface area contributed by atoms with Gasteiger partial charge in [-0.25, -0.2) is 0 Å². The number of carbonyl (C=O) groups excluding carboxylic acids is 12. The minimum absolute atomic E-state index is 0.0363. The van der Waals surface area contributed by atoms with Crippen LogP contribution in [0.3, 0.4) is 0 Å². The number of carbonyl (C=O) groups is 12. The maximum Gasteiger partial charge on any atom is 0.246 e. The van der Waals surface area contributed by atoms with Gasteiger partial charge in [0.25, 0.3) is 0 Å². The van der Waals surface area contributed by atoms with Crippen LogP contribution < -0.4 is 21.3 Å². The predicted octanol–water partition coefficient (Wildman–Crippen LogP) is 3.17. The lowest BCUT2D eigenvalue weighted by atomic mass is 9.85. The Morgan fingerprint density at radius 2 is 0.833 bits per heavy atom. The number of nitrogens with one attached hydrogen (secondary N) is 4. The first-order valence-electron chi connectivity index (χ1n) is 30.2. The summed E-state index contributed by atoms with van der Waals surface area (Å²) in [4.78, 5) is 181. The first-order chi connectivity index (χ1) is 38.7. The van der Waals surface area contributed by atoms with Crippen molar-refractivity contribution in [1.29, 1.82) is 0 Å². The zero-order chi connectivity index (χ0) is 65.3. The van der Waals surface area contributed by atoms with Gasteiger partial charge in [-0.1, -0.05) is 104 Å². The first kappa shape index (κ1) is 75.9. The monoisotopic (exact) mass is 1190 g/mol. The van der Waals surface area contributed by atoms with E-state index in [1.54, 1.807) is 48.5 Å². The van der Waals surface area contributed by atoms with Gasteiger partial charge in [-0.2, -0.15) is 0 Å². The van der Waals surface area contributed by atoms with Gasteiger partial charge in [-0.3, -0.25) is 52.7 Å². The van der Waals surface area contributed by atoms with Crippen molar-refractivity contribution in [3.8, 4) is 0 Å². The van der Waals surface area contributed by atoms with Crippen LogP contribution in [0.5, 0.6) is 0 Å². The lowest BCUT2D eigenvalue weighted by Gasteiger charge is -2.42. The summed E-state index contributed by atoms with van der Waals surface area (Å²) in [5, 5.41) is 11.1. The Morgan fingerprint density at radius 3 is 1.27 bits per heavy atom. The maximum absolute atomic E-state index is 15.1. The molecule has 4 N–H and O–H groups in total. The Labute approximate surface area is 502 Å². The van der Waals surface area contributed by atoms with Crippen LogP contribution in [0.15, 0.2) is 0 Å². The summed E-state index contributed by atoms with van der Waals surface area (Å²) in [6.45, 7) is 29.4. The van der Waals surface area contributed by atoms with Gasteiger partial charge in [0.1, 0.15) is 66.7 Å². The Balaban J connectivity index is 4.30. The molecule has 1 aliphatic heterocycles.